The lowest BCUT2D eigenvalue weighted by Gasteiger charge is -2.34. The Balaban J connectivity index is 2.57. The van der Waals surface area contributed by atoms with Crippen molar-refractivity contribution in [3.05, 3.63) is 30.3 Å². The van der Waals surface area contributed by atoms with Crippen molar-refractivity contribution in [1.82, 2.24) is 5.32 Å². The van der Waals surface area contributed by atoms with Crippen LogP contribution in [0, 0.1) is 5.41 Å². The lowest BCUT2D eigenvalue weighted by atomic mass is 9.81. The maximum atomic E-state index is 12.2. The molecule has 0 heterocycles. The van der Waals surface area contributed by atoms with E-state index in [2.05, 4.69) is 26.1 Å². The van der Waals surface area contributed by atoms with Crippen LogP contribution in [-0.4, -0.2) is 17.6 Å². The van der Waals surface area contributed by atoms with Crippen LogP contribution in [0.15, 0.2) is 30.3 Å². The first-order chi connectivity index (χ1) is 9.09. The van der Waals surface area contributed by atoms with E-state index < -0.39 is 6.10 Å². The van der Waals surface area contributed by atoms with Gasteiger partial charge in [0.2, 0.25) is 0 Å². The van der Waals surface area contributed by atoms with Gasteiger partial charge in [0.1, 0.15) is 5.75 Å². The molecule has 3 heteroatoms. The number of ether oxygens (including phenoxy) is 1. The average molecular weight is 277 g/mol. The summed E-state index contributed by atoms with van der Waals surface area (Å²) < 4.78 is 5.64. The van der Waals surface area contributed by atoms with Crippen LogP contribution in [0.25, 0.3) is 0 Å². The molecular weight excluding hydrogens is 250 g/mol. The fraction of sp³-hybridized carbons (Fsp3) is 0.588. The molecule has 0 spiro atoms. The van der Waals surface area contributed by atoms with Gasteiger partial charge in [-0.15, -0.1) is 0 Å². The second-order valence-corrected chi connectivity index (χ2v) is 7.18. The molecule has 1 aromatic carbocycles. The predicted molar refractivity (Wildman–Crippen MR) is 82.8 cm³/mol. The van der Waals surface area contributed by atoms with Gasteiger partial charge >= 0.3 is 0 Å². The van der Waals surface area contributed by atoms with Crippen molar-refractivity contribution in [2.75, 3.05) is 0 Å². The fourth-order valence-corrected chi connectivity index (χ4v) is 2.56. The van der Waals surface area contributed by atoms with E-state index in [0.717, 1.165) is 6.42 Å². The summed E-state index contributed by atoms with van der Waals surface area (Å²) in [6.07, 6.45) is 0.403. The second kappa shape index (κ2) is 6.29. The van der Waals surface area contributed by atoms with Gasteiger partial charge in [0.15, 0.2) is 6.10 Å². The topological polar surface area (TPSA) is 38.3 Å². The molecule has 1 aromatic rings. The molecule has 0 saturated carbocycles. The number of para-hydroxylation sites is 1. The summed E-state index contributed by atoms with van der Waals surface area (Å²) in [6, 6.07) is 9.41. The van der Waals surface area contributed by atoms with Crippen molar-refractivity contribution < 1.29 is 9.53 Å². The summed E-state index contributed by atoms with van der Waals surface area (Å²) in [5.74, 6) is 0.631. The molecule has 0 aliphatic rings. The number of carbonyl (C=O) groups is 1. The first kappa shape index (κ1) is 16.5. The number of rotatable bonds is 5. The molecule has 0 radical (unpaired) electrons. The van der Waals surface area contributed by atoms with Gasteiger partial charge in [-0.3, -0.25) is 4.79 Å². The molecule has 112 valence electrons. The molecule has 0 unspecified atom stereocenters. The number of benzene rings is 1. The Morgan fingerprint density at radius 2 is 1.70 bits per heavy atom. The van der Waals surface area contributed by atoms with Gasteiger partial charge in [0.05, 0.1) is 0 Å². The van der Waals surface area contributed by atoms with Crippen LogP contribution in [0.3, 0.4) is 0 Å². The molecular formula is C17H27NO2. The van der Waals surface area contributed by atoms with Crippen LogP contribution < -0.4 is 10.1 Å². The predicted octanol–water partition coefficient (Wildman–Crippen LogP) is 3.78. The summed E-state index contributed by atoms with van der Waals surface area (Å²) in [4.78, 5) is 12.2. The largest absolute Gasteiger partial charge is 0.481 e. The first-order valence-electron chi connectivity index (χ1n) is 7.13. The highest BCUT2D eigenvalue weighted by Gasteiger charge is 2.29. The van der Waals surface area contributed by atoms with Gasteiger partial charge in [-0.25, -0.2) is 0 Å². The molecule has 1 N–H and O–H groups in total. The maximum Gasteiger partial charge on any atom is 0.261 e. The molecule has 1 rings (SSSR count). The van der Waals surface area contributed by atoms with E-state index in [4.69, 9.17) is 4.74 Å². The number of amides is 1. The minimum absolute atomic E-state index is 0.0805. The average Bonchev–Trinajstić information content (AvgIpc) is 2.26. The highest BCUT2D eigenvalue weighted by molar-refractivity contribution is 5.81. The van der Waals surface area contributed by atoms with E-state index >= 15 is 0 Å². The van der Waals surface area contributed by atoms with Gasteiger partial charge in [-0.2, -0.15) is 0 Å². The maximum absolute atomic E-state index is 12.2. The van der Waals surface area contributed by atoms with Crippen LogP contribution >= 0.6 is 0 Å². The third kappa shape index (κ3) is 6.09. The van der Waals surface area contributed by atoms with Gasteiger partial charge in [-0.05, 0) is 44.7 Å². The molecule has 20 heavy (non-hydrogen) atoms. The minimum Gasteiger partial charge on any atom is -0.481 e. The molecule has 1 amide bonds. The van der Waals surface area contributed by atoms with E-state index in [1.54, 1.807) is 6.92 Å². The lowest BCUT2D eigenvalue weighted by Crippen LogP contribution is -2.50. The van der Waals surface area contributed by atoms with E-state index in [-0.39, 0.29) is 16.9 Å². The molecule has 0 fully saturated rings. The fourth-order valence-electron chi connectivity index (χ4n) is 2.56. The quantitative estimate of drug-likeness (QED) is 0.889. The van der Waals surface area contributed by atoms with Crippen LogP contribution in [0.5, 0.6) is 5.75 Å². The third-order valence-electron chi connectivity index (χ3n) is 2.86. The summed E-state index contributed by atoms with van der Waals surface area (Å²) in [6.45, 7) is 12.4. The highest BCUT2D eigenvalue weighted by Crippen LogP contribution is 2.26. The standard InChI is InChI=1S/C17H27NO2/c1-13(20-14-10-8-7-9-11-14)15(19)18-17(5,6)12-16(2,3)4/h7-11,13H,12H2,1-6H3,(H,18,19)/t13-/m1/s1. The van der Waals surface area contributed by atoms with Gasteiger partial charge in [0, 0.05) is 5.54 Å². The van der Waals surface area contributed by atoms with Gasteiger partial charge in [0.25, 0.3) is 5.91 Å². The SMILES string of the molecule is C[C@@H](Oc1ccccc1)C(=O)NC(C)(C)CC(C)(C)C. The van der Waals surface area contributed by atoms with Crippen molar-refractivity contribution >= 4 is 5.91 Å². The highest BCUT2D eigenvalue weighted by atomic mass is 16.5. The Morgan fingerprint density at radius 3 is 2.20 bits per heavy atom. The number of carbonyl (C=O) groups excluding carboxylic acids is 1. The van der Waals surface area contributed by atoms with Crippen molar-refractivity contribution in [3.63, 3.8) is 0 Å². The monoisotopic (exact) mass is 277 g/mol. The number of nitrogens with one attached hydrogen (secondary N) is 1. The number of hydrogen-bond acceptors (Lipinski definition) is 2. The Morgan fingerprint density at radius 1 is 1.15 bits per heavy atom. The summed E-state index contributed by atoms with van der Waals surface area (Å²) in [5, 5.41) is 3.07. The van der Waals surface area contributed by atoms with E-state index in [1.165, 1.54) is 0 Å². The molecule has 0 aliphatic carbocycles. The van der Waals surface area contributed by atoms with Gasteiger partial charge in [-0.1, -0.05) is 39.0 Å². The van der Waals surface area contributed by atoms with Crippen molar-refractivity contribution in [3.8, 4) is 5.75 Å². The summed E-state index contributed by atoms with van der Waals surface area (Å²) >= 11 is 0. The Bertz CT molecular complexity index is 432. The molecule has 0 aromatic heterocycles. The Labute approximate surface area is 122 Å². The minimum atomic E-state index is -0.503. The van der Waals surface area contributed by atoms with E-state index in [0.29, 0.717) is 5.75 Å². The third-order valence-corrected chi connectivity index (χ3v) is 2.86. The first-order valence-corrected chi connectivity index (χ1v) is 7.13. The zero-order valence-electron chi connectivity index (χ0n) is 13.5. The van der Waals surface area contributed by atoms with Crippen molar-refractivity contribution in [2.24, 2.45) is 5.41 Å². The van der Waals surface area contributed by atoms with Gasteiger partial charge < -0.3 is 10.1 Å². The van der Waals surface area contributed by atoms with E-state index in [9.17, 15) is 4.79 Å². The van der Waals surface area contributed by atoms with Crippen LogP contribution in [-0.2, 0) is 4.79 Å². The van der Waals surface area contributed by atoms with Crippen LogP contribution in [0.1, 0.15) is 48.0 Å². The zero-order chi connectivity index (χ0) is 15.4. The molecule has 0 aliphatic heterocycles. The lowest BCUT2D eigenvalue weighted by molar-refractivity contribution is -0.129. The molecule has 0 bridgehead atoms. The smallest absolute Gasteiger partial charge is 0.261 e. The molecule has 3 nitrogen and oxygen atoms in total. The van der Waals surface area contributed by atoms with Crippen LogP contribution in [0.4, 0.5) is 0 Å². The molecule has 0 saturated heterocycles. The van der Waals surface area contributed by atoms with Crippen molar-refractivity contribution in [2.45, 2.75) is 59.6 Å². The molecule has 1 atom stereocenters. The normalized spacial score (nSPS) is 13.7. The zero-order valence-corrected chi connectivity index (χ0v) is 13.5. The van der Waals surface area contributed by atoms with Crippen molar-refractivity contribution in [1.29, 1.82) is 0 Å². The Kier molecular flexibility index (Phi) is 5.21. The Hall–Kier alpha value is -1.51. The van der Waals surface area contributed by atoms with E-state index in [1.807, 2.05) is 44.2 Å². The van der Waals surface area contributed by atoms with Crippen LogP contribution in [0.2, 0.25) is 0 Å². The summed E-state index contributed by atoms with van der Waals surface area (Å²) in [5.41, 5.74) is -0.0794. The summed E-state index contributed by atoms with van der Waals surface area (Å²) in [7, 11) is 0. The second-order valence-electron chi connectivity index (χ2n) is 7.18. The number of hydrogen-bond donors (Lipinski definition) is 1.